The number of aryl methyl sites for hydroxylation is 1. The van der Waals surface area contributed by atoms with Gasteiger partial charge in [-0.05, 0) is 59.3 Å². The Morgan fingerprint density at radius 1 is 1.24 bits per heavy atom. The van der Waals surface area contributed by atoms with Gasteiger partial charge in [-0.25, -0.2) is 0 Å². The van der Waals surface area contributed by atoms with E-state index in [4.69, 9.17) is 0 Å². The van der Waals surface area contributed by atoms with Crippen LogP contribution in [-0.2, 0) is 0 Å². The molecule has 0 atom stereocenters. The summed E-state index contributed by atoms with van der Waals surface area (Å²) >= 11 is 0. The van der Waals surface area contributed by atoms with E-state index in [9.17, 15) is 0 Å². The minimum Gasteiger partial charge on any atom is -0.369 e. The van der Waals surface area contributed by atoms with Crippen LogP contribution in [0.1, 0.15) is 32.4 Å². The molecular formula is C13H24N4. The van der Waals surface area contributed by atoms with Crippen LogP contribution in [0.2, 0.25) is 0 Å². The molecule has 0 aliphatic rings. The van der Waals surface area contributed by atoms with E-state index in [1.165, 1.54) is 6.42 Å². The first-order chi connectivity index (χ1) is 8.09. The third kappa shape index (κ3) is 5.63. The van der Waals surface area contributed by atoms with Crippen LogP contribution >= 0.6 is 0 Å². The van der Waals surface area contributed by atoms with Crippen molar-refractivity contribution in [1.29, 1.82) is 0 Å². The van der Waals surface area contributed by atoms with Crippen molar-refractivity contribution in [1.82, 2.24) is 15.1 Å². The molecule has 1 heterocycles. The van der Waals surface area contributed by atoms with E-state index in [-0.39, 0.29) is 0 Å². The van der Waals surface area contributed by atoms with Crippen molar-refractivity contribution >= 4 is 5.82 Å². The lowest BCUT2D eigenvalue weighted by Crippen LogP contribution is -2.27. The van der Waals surface area contributed by atoms with Gasteiger partial charge in [0.15, 0.2) is 0 Å². The van der Waals surface area contributed by atoms with Gasteiger partial charge in [0.1, 0.15) is 5.82 Å². The van der Waals surface area contributed by atoms with E-state index in [0.717, 1.165) is 31.0 Å². The minimum atomic E-state index is 0.630. The first-order valence-electron chi connectivity index (χ1n) is 6.34. The van der Waals surface area contributed by atoms with Crippen LogP contribution in [0.15, 0.2) is 12.1 Å². The molecule has 96 valence electrons. The average molecular weight is 236 g/mol. The molecule has 17 heavy (non-hydrogen) atoms. The lowest BCUT2D eigenvalue weighted by molar-refractivity contribution is 0.269. The van der Waals surface area contributed by atoms with Crippen molar-refractivity contribution in [2.24, 2.45) is 0 Å². The number of aromatic nitrogens is 2. The van der Waals surface area contributed by atoms with Crippen molar-refractivity contribution in [2.75, 3.05) is 25.5 Å². The van der Waals surface area contributed by atoms with Gasteiger partial charge >= 0.3 is 0 Å². The third-order valence-electron chi connectivity index (χ3n) is 2.92. The molecule has 4 heteroatoms. The number of hydrogen-bond acceptors (Lipinski definition) is 4. The molecule has 0 unspecified atom stereocenters. The first kappa shape index (κ1) is 13.9. The lowest BCUT2D eigenvalue weighted by atomic mass is 10.2. The van der Waals surface area contributed by atoms with Crippen LogP contribution in [0, 0.1) is 6.92 Å². The lowest BCUT2D eigenvalue weighted by Gasteiger charge is -2.20. The number of nitrogens with one attached hydrogen (secondary N) is 1. The molecular weight excluding hydrogens is 212 g/mol. The topological polar surface area (TPSA) is 41.0 Å². The smallest absolute Gasteiger partial charge is 0.148 e. The summed E-state index contributed by atoms with van der Waals surface area (Å²) < 4.78 is 0. The molecule has 0 amide bonds. The number of nitrogens with zero attached hydrogens (tertiary/aromatic N) is 3. The zero-order valence-electron chi connectivity index (χ0n) is 11.4. The molecule has 4 nitrogen and oxygen atoms in total. The fourth-order valence-electron chi connectivity index (χ4n) is 1.45. The third-order valence-corrected chi connectivity index (χ3v) is 2.92. The summed E-state index contributed by atoms with van der Waals surface area (Å²) in [7, 11) is 2.17. The van der Waals surface area contributed by atoms with Gasteiger partial charge < -0.3 is 10.2 Å². The van der Waals surface area contributed by atoms with Gasteiger partial charge in [-0.3, -0.25) is 0 Å². The minimum absolute atomic E-state index is 0.630. The van der Waals surface area contributed by atoms with Gasteiger partial charge in [0.05, 0.1) is 5.69 Å². The highest BCUT2D eigenvalue weighted by Gasteiger charge is 2.01. The highest BCUT2D eigenvalue weighted by molar-refractivity contribution is 5.32. The molecule has 0 spiro atoms. The summed E-state index contributed by atoms with van der Waals surface area (Å²) in [5.41, 5.74) is 0.953. The first-order valence-corrected chi connectivity index (χ1v) is 6.34. The fourth-order valence-corrected chi connectivity index (χ4v) is 1.45. The highest BCUT2D eigenvalue weighted by atomic mass is 15.2. The molecule has 1 aromatic rings. The van der Waals surface area contributed by atoms with Crippen LogP contribution < -0.4 is 5.32 Å². The molecule has 0 fully saturated rings. The molecule has 0 saturated carbocycles. The standard InChI is InChI=1S/C13H24N4/c1-11(2)17(4)10-6-5-9-14-13-8-7-12(3)15-16-13/h7-8,11H,5-6,9-10H2,1-4H3,(H,14,16). The van der Waals surface area contributed by atoms with Gasteiger partial charge in [-0.2, -0.15) is 5.10 Å². The Labute approximate surface area is 104 Å². The van der Waals surface area contributed by atoms with E-state index in [1.54, 1.807) is 0 Å². The Morgan fingerprint density at radius 2 is 2.00 bits per heavy atom. The maximum Gasteiger partial charge on any atom is 0.148 e. The van der Waals surface area contributed by atoms with Gasteiger partial charge in [0, 0.05) is 12.6 Å². The molecule has 0 aromatic carbocycles. The van der Waals surface area contributed by atoms with E-state index in [2.05, 4.69) is 41.3 Å². The number of unbranched alkanes of at least 4 members (excludes halogenated alkanes) is 1. The van der Waals surface area contributed by atoms with Crippen molar-refractivity contribution < 1.29 is 0 Å². The second-order valence-electron chi connectivity index (χ2n) is 4.77. The number of hydrogen-bond donors (Lipinski definition) is 1. The Balaban J connectivity index is 2.10. The fraction of sp³-hybridized carbons (Fsp3) is 0.692. The molecule has 0 aliphatic carbocycles. The van der Waals surface area contributed by atoms with Crippen LogP contribution in [0.25, 0.3) is 0 Å². The molecule has 0 radical (unpaired) electrons. The SMILES string of the molecule is Cc1ccc(NCCCCN(C)C(C)C)nn1. The summed E-state index contributed by atoms with van der Waals surface area (Å²) in [6, 6.07) is 4.58. The largest absolute Gasteiger partial charge is 0.369 e. The normalized spacial score (nSPS) is 11.2. The van der Waals surface area contributed by atoms with Gasteiger partial charge in [-0.15, -0.1) is 5.10 Å². The van der Waals surface area contributed by atoms with Crippen LogP contribution in [0.3, 0.4) is 0 Å². The summed E-state index contributed by atoms with van der Waals surface area (Å²) in [5.74, 6) is 0.868. The van der Waals surface area contributed by atoms with Crippen LogP contribution in [0.5, 0.6) is 0 Å². The van der Waals surface area contributed by atoms with Crippen molar-refractivity contribution in [3.8, 4) is 0 Å². The van der Waals surface area contributed by atoms with Gasteiger partial charge in [0.25, 0.3) is 0 Å². The van der Waals surface area contributed by atoms with Crippen molar-refractivity contribution in [3.63, 3.8) is 0 Å². The van der Waals surface area contributed by atoms with Gasteiger partial charge in [-0.1, -0.05) is 0 Å². The molecule has 0 saturated heterocycles. The van der Waals surface area contributed by atoms with Crippen LogP contribution in [-0.4, -0.2) is 41.3 Å². The van der Waals surface area contributed by atoms with Crippen LogP contribution in [0.4, 0.5) is 5.82 Å². The molecule has 1 aromatic heterocycles. The summed E-state index contributed by atoms with van der Waals surface area (Å²) in [6.45, 7) is 8.50. The second kappa shape index (κ2) is 7.22. The average Bonchev–Trinajstić information content (AvgIpc) is 2.30. The molecule has 0 aliphatic heterocycles. The summed E-state index contributed by atoms with van der Waals surface area (Å²) in [4.78, 5) is 2.37. The quantitative estimate of drug-likeness (QED) is 0.738. The highest BCUT2D eigenvalue weighted by Crippen LogP contribution is 2.02. The predicted molar refractivity (Wildman–Crippen MR) is 72.3 cm³/mol. The maximum absolute atomic E-state index is 4.07. The van der Waals surface area contributed by atoms with E-state index in [0.29, 0.717) is 6.04 Å². The van der Waals surface area contributed by atoms with E-state index < -0.39 is 0 Å². The summed E-state index contributed by atoms with van der Waals surface area (Å²) in [6.07, 6.45) is 2.37. The predicted octanol–water partition coefficient (Wildman–Crippen LogP) is 2.32. The van der Waals surface area contributed by atoms with Gasteiger partial charge in [0.2, 0.25) is 0 Å². The Morgan fingerprint density at radius 3 is 2.59 bits per heavy atom. The number of rotatable bonds is 7. The van der Waals surface area contributed by atoms with Crippen molar-refractivity contribution in [2.45, 2.75) is 39.7 Å². The second-order valence-corrected chi connectivity index (χ2v) is 4.77. The molecule has 1 rings (SSSR count). The zero-order chi connectivity index (χ0) is 12.7. The maximum atomic E-state index is 4.07. The summed E-state index contributed by atoms with van der Waals surface area (Å²) in [5, 5.41) is 11.4. The molecule has 0 bridgehead atoms. The molecule has 1 N–H and O–H groups in total. The Kier molecular flexibility index (Phi) is 5.91. The van der Waals surface area contributed by atoms with E-state index in [1.807, 2.05) is 19.1 Å². The Hall–Kier alpha value is -1.16. The number of anilines is 1. The van der Waals surface area contributed by atoms with E-state index >= 15 is 0 Å². The Bertz CT molecular complexity index is 308. The van der Waals surface area contributed by atoms with Crippen molar-refractivity contribution in [3.05, 3.63) is 17.8 Å². The zero-order valence-corrected chi connectivity index (χ0v) is 11.4. The monoisotopic (exact) mass is 236 g/mol.